The van der Waals surface area contributed by atoms with Crippen molar-refractivity contribution in [1.82, 2.24) is 4.90 Å². The maximum absolute atomic E-state index is 14.0. The quantitative estimate of drug-likeness (QED) is 0.801. The molecule has 2 unspecified atom stereocenters. The largest absolute Gasteiger partial charge is 0.393 e. The van der Waals surface area contributed by atoms with Gasteiger partial charge in [-0.25, -0.2) is 4.39 Å². The van der Waals surface area contributed by atoms with Crippen LogP contribution >= 0.6 is 0 Å². The van der Waals surface area contributed by atoms with E-state index in [1.807, 2.05) is 13.0 Å². The Bertz CT molecular complexity index is 521. The van der Waals surface area contributed by atoms with E-state index in [2.05, 4.69) is 16.7 Å². The lowest BCUT2D eigenvalue weighted by Crippen LogP contribution is -2.41. The number of likely N-dealkylation sites (tertiary alicyclic amines) is 1. The number of halogens is 1. The van der Waals surface area contributed by atoms with Gasteiger partial charge in [0.1, 0.15) is 5.82 Å². The van der Waals surface area contributed by atoms with Crippen molar-refractivity contribution in [2.75, 3.05) is 19.6 Å². The summed E-state index contributed by atoms with van der Waals surface area (Å²) in [7, 11) is 0. The van der Waals surface area contributed by atoms with Crippen LogP contribution in [0.1, 0.15) is 24.5 Å². The summed E-state index contributed by atoms with van der Waals surface area (Å²) in [6.45, 7) is 4.48. The van der Waals surface area contributed by atoms with Crippen molar-refractivity contribution >= 4 is 0 Å². The average Bonchev–Trinajstić information content (AvgIpc) is 2.43. The lowest BCUT2D eigenvalue weighted by atomic mass is 9.96. The Kier molecular flexibility index (Phi) is 5.13. The molecule has 1 saturated heterocycles. The molecule has 1 aromatic rings. The van der Waals surface area contributed by atoms with Crippen LogP contribution in [0.5, 0.6) is 0 Å². The molecule has 0 saturated carbocycles. The van der Waals surface area contributed by atoms with Gasteiger partial charge in [-0.1, -0.05) is 24.8 Å². The molecule has 20 heavy (non-hydrogen) atoms. The van der Waals surface area contributed by atoms with Gasteiger partial charge in [-0.2, -0.15) is 0 Å². The highest BCUT2D eigenvalue weighted by Gasteiger charge is 2.24. The summed E-state index contributed by atoms with van der Waals surface area (Å²) >= 11 is 0. The lowest BCUT2D eigenvalue weighted by molar-refractivity contribution is 0.0316. The van der Waals surface area contributed by atoms with Gasteiger partial charge >= 0.3 is 0 Å². The molecule has 1 aliphatic rings. The summed E-state index contributed by atoms with van der Waals surface area (Å²) in [6, 6.07) is 5.06. The fourth-order valence-electron chi connectivity index (χ4n) is 2.51. The van der Waals surface area contributed by atoms with Crippen molar-refractivity contribution in [3.63, 3.8) is 0 Å². The zero-order valence-corrected chi connectivity index (χ0v) is 11.8. The predicted octanol–water partition coefficient (Wildman–Crippen LogP) is 1.34. The van der Waals surface area contributed by atoms with E-state index < -0.39 is 0 Å². The third kappa shape index (κ3) is 3.80. The molecule has 0 aromatic heterocycles. The van der Waals surface area contributed by atoms with E-state index in [-0.39, 0.29) is 24.4 Å². The smallest absolute Gasteiger partial charge is 0.128 e. The number of rotatable bonds is 2. The second-order valence-corrected chi connectivity index (χ2v) is 5.38. The second kappa shape index (κ2) is 6.85. The van der Waals surface area contributed by atoms with Gasteiger partial charge in [0.05, 0.1) is 12.6 Å². The van der Waals surface area contributed by atoms with Crippen LogP contribution < -0.4 is 5.73 Å². The molecule has 0 radical (unpaired) electrons. The van der Waals surface area contributed by atoms with Gasteiger partial charge < -0.3 is 10.8 Å². The predicted molar refractivity (Wildman–Crippen MR) is 77.4 cm³/mol. The van der Waals surface area contributed by atoms with Gasteiger partial charge in [0.2, 0.25) is 0 Å². The molecule has 2 atom stereocenters. The first-order chi connectivity index (χ1) is 9.60. The lowest BCUT2D eigenvalue weighted by Gasteiger charge is -2.34. The second-order valence-electron chi connectivity index (χ2n) is 5.38. The molecule has 3 nitrogen and oxygen atoms in total. The third-order valence-corrected chi connectivity index (χ3v) is 3.73. The molecule has 3 N–H and O–H groups in total. The van der Waals surface area contributed by atoms with E-state index in [1.54, 1.807) is 6.07 Å². The Morgan fingerprint density at radius 3 is 2.95 bits per heavy atom. The monoisotopic (exact) mass is 276 g/mol. The molecule has 1 fully saturated rings. The molecule has 1 heterocycles. The van der Waals surface area contributed by atoms with E-state index in [0.717, 1.165) is 19.5 Å². The summed E-state index contributed by atoms with van der Waals surface area (Å²) in [6.07, 6.45) is 0.521. The Morgan fingerprint density at radius 1 is 1.50 bits per heavy atom. The maximum Gasteiger partial charge on any atom is 0.128 e. The highest BCUT2D eigenvalue weighted by Crippen LogP contribution is 2.20. The molecule has 0 bridgehead atoms. The number of piperidine rings is 1. The number of benzene rings is 1. The molecule has 108 valence electrons. The van der Waals surface area contributed by atoms with Crippen molar-refractivity contribution in [1.29, 1.82) is 0 Å². The van der Waals surface area contributed by atoms with Crippen LogP contribution in [0, 0.1) is 23.6 Å². The average molecular weight is 276 g/mol. The van der Waals surface area contributed by atoms with Crippen molar-refractivity contribution in [2.24, 2.45) is 11.7 Å². The van der Waals surface area contributed by atoms with E-state index in [4.69, 9.17) is 5.73 Å². The molecule has 0 amide bonds. The van der Waals surface area contributed by atoms with Crippen LogP contribution in [0.25, 0.3) is 0 Å². The zero-order valence-electron chi connectivity index (χ0n) is 11.8. The Balaban J connectivity index is 2.03. The first-order valence-electron chi connectivity index (χ1n) is 6.98. The number of hydrogen-bond acceptors (Lipinski definition) is 3. The van der Waals surface area contributed by atoms with Gasteiger partial charge in [0, 0.05) is 30.8 Å². The summed E-state index contributed by atoms with van der Waals surface area (Å²) in [5.74, 6) is 5.55. The number of nitrogens with two attached hydrogens (primary N) is 1. The minimum absolute atomic E-state index is 0.229. The van der Waals surface area contributed by atoms with Crippen LogP contribution in [0.2, 0.25) is 0 Å². The highest BCUT2D eigenvalue weighted by molar-refractivity contribution is 5.37. The van der Waals surface area contributed by atoms with Gasteiger partial charge in [-0.3, -0.25) is 4.90 Å². The minimum atomic E-state index is -0.231. The number of aliphatic hydroxyl groups excluding tert-OH is 1. The van der Waals surface area contributed by atoms with Crippen molar-refractivity contribution in [3.8, 4) is 11.8 Å². The van der Waals surface area contributed by atoms with Gasteiger partial charge in [0.15, 0.2) is 0 Å². The van der Waals surface area contributed by atoms with E-state index >= 15 is 0 Å². The van der Waals surface area contributed by atoms with E-state index in [9.17, 15) is 9.50 Å². The maximum atomic E-state index is 14.0. The van der Waals surface area contributed by atoms with Crippen LogP contribution in [0.15, 0.2) is 18.2 Å². The summed E-state index contributed by atoms with van der Waals surface area (Å²) in [5, 5.41) is 9.71. The Labute approximate surface area is 119 Å². The molecule has 1 aromatic carbocycles. The summed E-state index contributed by atoms with van der Waals surface area (Å²) in [5.41, 5.74) is 6.62. The van der Waals surface area contributed by atoms with Crippen LogP contribution in [-0.2, 0) is 6.54 Å². The standard InChI is InChI=1S/C16H21FN2O/c1-12-10-19(8-6-16(12)20)11-14-5-4-13(3-2-7-18)9-15(14)17/h4-5,9,12,16,20H,6-8,10-11,18H2,1H3. The molecular formula is C16H21FN2O. The first kappa shape index (κ1) is 15.0. The molecule has 4 heteroatoms. The van der Waals surface area contributed by atoms with Gasteiger partial charge in [0.25, 0.3) is 0 Å². The number of hydrogen-bond donors (Lipinski definition) is 2. The molecule has 0 spiro atoms. The fourth-order valence-corrected chi connectivity index (χ4v) is 2.51. The van der Waals surface area contributed by atoms with E-state index in [0.29, 0.717) is 17.7 Å². The number of nitrogens with zero attached hydrogens (tertiary/aromatic N) is 1. The third-order valence-electron chi connectivity index (χ3n) is 3.73. The van der Waals surface area contributed by atoms with Gasteiger partial charge in [-0.05, 0) is 24.5 Å². The van der Waals surface area contributed by atoms with Crippen molar-refractivity contribution in [3.05, 3.63) is 35.1 Å². The Hall–Kier alpha value is -1.41. The van der Waals surface area contributed by atoms with Crippen LogP contribution in [0.4, 0.5) is 4.39 Å². The zero-order chi connectivity index (χ0) is 14.5. The normalized spacial score (nSPS) is 23.2. The molecular weight excluding hydrogens is 255 g/mol. The van der Waals surface area contributed by atoms with Crippen LogP contribution in [0.3, 0.4) is 0 Å². The SMILES string of the molecule is CC1CN(Cc2ccc(C#CCN)cc2F)CCC1O. The van der Waals surface area contributed by atoms with E-state index in [1.165, 1.54) is 6.07 Å². The minimum Gasteiger partial charge on any atom is -0.393 e. The van der Waals surface area contributed by atoms with Gasteiger partial charge in [-0.15, -0.1) is 0 Å². The van der Waals surface area contributed by atoms with Crippen molar-refractivity contribution < 1.29 is 9.50 Å². The Morgan fingerprint density at radius 2 is 2.30 bits per heavy atom. The first-order valence-corrected chi connectivity index (χ1v) is 6.98. The summed E-state index contributed by atoms with van der Waals surface area (Å²) < 4.78 is 14.0. The fraction of sp³-hybridized carbons (Fsp3) is 0.500. The highest BCUT2D eigenvalue weighted by atomic mass is 19.1. The molecule has 1 aliphatic heterocycles. The van der Waals surface area contributed by atoms with Crippen LogP contribution in [-0.4, -0.2) is 35.7 Å². The number of aliphatic hydroxyl groups is 1. The topological polar surface area (TPSA) is 49.5 Å². The molecule has 2 rings (SSSR count). The summed E-state index contributed by atoms with van der Waals surface area (Å²) in [4.78, 5) is 2.18. The molecule has 0 aliphatic carbocycles. The van der Waals surface area contributed by atoms with Crippen molar-refractivity contribution in [2.45, 2.75) is 26.0 Å².